The molecule has 1 aromatic heterocycles. The third-order valence-corrected chi connectivity index (χ3v) is 8.89. The third-order valence-electron chi connectivity index (χ3n) is 8.69. The number of nitrogens with zero attached hydrogens (tertiary/aromatic N) is 4. The minimum absolute atomic E-state index is 0.0333. The number of hydrogen-bond acceptors (Lipinski definition) is 6. The van der Waals surface area contributed by atoms with E-state index in [1.807, 2.05) is 0 Å². The number of aliphatic hydroxyl groups is 1. The van der Waals surface area contributed by atoms with E-state index in [2.05, 4.69) is 21.8 Å². The second-order valence-electron chi connectivity index (χ2n) is 11.0. The summed E-state index contributed by atoms with van der Waals surface area (Å²) in [6.07, 6.45) is 8.58. The molecular weight excluding hydrogens is 495 g/mol. The summed E-state index contributed by atoms with van der Waals surface area (Å²) < 4.78 is 20.6. The average Bonchev–Trinajstić information content (AvgIpc) is 3.57. The summed E-state index contributed by atoms with van der Waals surface area (Å²) in [5.41, 5.74) is 0.726. The number of ether oxygens (including phenoxy) is 1. The number of anilines is 1. The van der Waals surface area contributed by atoms with Crippen LogP contribution >= 0.6 is 11.6 Å². The largest absolute Gasteiger partial charge is 0.493 e. The summed E-state index contributed by atoms with van der Waals surface area (Å²) in [5, 5.41) is 10.2. The molecule has 0 radical (unpaired) electrons. The molecule has 37 heavy (non-hydrogen) atoms. The number of hydrogen-bond donors (Lipinski definition) is 1. The number of carbonyl (C=O) groups excluding carboxylic acids is 1. The van der Waals surface area contributed by atoms with Gasteiger partial charge in [0.15, 0.2) is 0 Å². The highest BCUT2D eigenvalue weighted by atomic mass is 35.5. The minimum atomic E-state index is -0.407. The van der Waals surface area contributed by atoms with Crippen LogP contribution in [-0.2, 0) is 11.2 Å². The predicted molar refractivity (Wildman–Crippen MR) is 140 cm³/mol. The van der Waals surface area contributed by atoms with E-state index in [1.165, 1.54) is 12.5 Å². The molecule has 3 fully saturated rings. The standard InChI is InChI=1S/C28H36ClFN4O3/c1-28(20-4-9-34(10-5-20)27-31-17-22(29)18-32-27)16-21(28)8-13-37-24-3-2-19(25(30)15-24)14-26(36)33-11-6-23(35)7-12-33/h2-3,15,17-18,20-21,23,35H,4-14,16H2,1H3/t21-,28-/m1/s1. The Morgan fingerprint density at radius 1 is 1.16 bits per heavy atom. The first kappa shape index (κ1) is 26.2. The summed E-state index contributed by atoms with van der Waals surface area (Å²) in [6.45, 7) is 5.92. The lowest BCUT2D eigenvalue weighted by atomic mass is 9.81. The quantitative estimate of drug-likeness (QED) is 0.541. The Morgan fingerprint density at radius 2 is 1.86 bits per heavy atom. The first-order valence-electron chi connectivity index (χ1n) is 13.4. The number of amides is 1. The summed E-state index contributed by atoms with van der Waals surface area (Å²) in [6, 6.07) is 4.80. The molecule has 2 atom stereocenters. The minimum Gasteiger partial charge on any atom is -0.493 e. The van der Waals surface area contributed by atoms with Gasteiger partial charge in [0.1, 0.15) is 11.6 Å². The number of benzene rings is 1. The van der Waals surface area contributed by atoms with Crippen molar-refractivity contribution in [1.82, 2.24) is 14.9 Å². The van der Waals surface area contributed by atoms with E-state index >= 15 is 0 Å². The van der Waals surface area contributed by atoms with Crippen molar-refractivity contribution in [3.8, 4) is 5.75 Å². The molecule has 1 aromatic carbocycles. The van der Waals surface area contributed by atoms with Crippen LogP contribution in [0.15, 0.2) is 30.6 Å². The molecule has 5 rings (SSSR count). The van der Waals surface area contributed by atoms with E-state index < -0.39 is 5.82 Å². The number of aliphatic hydroxyl groups excluding tert-OH is 1. The van der Waals surface area contributed by atoms with E-state index in [1.54, 1.807) is 29.4 Å². The Labute approximate surface area is 223 Å². The zero-order valence-electron chi connectivity index (χ0n) is 21.4. The van der Waals surface area contributed by atoms with Gasteiger partial charge in [0.25, 0.3) is 0 Å². The van der Waals surface area contributed by atoms with Crippen molar-refractivity contribution >= 4 is 23.5 Å². The highest BCUT2D eigenvalue weighted by Gasteiger charge is 2.54. The Kier molecular flexibility index (Phi) is 7.86. The molecule has 0 unspecified atom stereocenters. The Balaban J connectivity index is 1.04. The molecule has 1 N–H and O–H groups in total. The molecule has 2 aliphatic heterocycles. The van der Waals surface area contributed by atoms with Crippen molar-refractivity contribution in [2.75, 3.05) is 37.7 Å². The number of aromatic nitrogens is 2. The van der Waals surface area contributed by atoms with Crippen LogP contribution < -0.4 is 9.64 Å². The molecule has 3 heterocycles. The van der Waals surface area contributed by atoms with Crippen LogP contribution in [0.1, 0.15) is 51.0 Å². The molecule has 0 bridgehead atoms. The molecule has 200 valence electrons. The van der Waals surface area contributed by atoms with Gasteiger partial charge in [-0.3, -0.25) is 4.79 Å². The fourth-order valence-electron chi connectivity index (χ4n) is 6.08. The third kappa shape index (κ3) is 6.17. The molecule has 2 saturated heterocycles. The zero-order valence-corrected chi connectivity index (χ0v) is 22.2. The van der Waals surface area contributed by atoms with E-state index in [0.717, 1.165) is 38.3 Å². The van der Waals surface area contributed by atoms with Crippen LogP contribution in [0.3, 0.4) is 0 Å². The maximum atomic E-state index is 14.7. The van der Waals surface area contributed by atoms with E-state index in [-0.39, 0.29) is 18.4 Å². The van der Waals surface area contributed by atoms with Crippen LogP contribution in [0.5, 0.6) is 5.75 Å². The summed E-state index contributed by atoms with van der Waals surface area (Å²) in [4.78, 5) is 25.1. The average molecular weight is 531 g/mol. The number of likely N-dealkylation sites (tertiary alicyclic amines) is 1. The molecule has 9 heteroatoms. The van der Waals surface area contributed by atoms with Gasteiger partial charge in [-0.15, -0.1) is 0 Å². The fourth-order valence-corrected chi connectivity index (χ4v) is 6.18. The Bertz CT molecular complexity index is 1090. The van der Waals surface area contributed by atoms with Crippen LogP contribution in [0.25, 0.3) is 0 Å². The van der Waals surface area contributed by atoms with Gasteiger partial charge >= 0.3 is 0 Å². The van der Waals surface area contributed by atoms with Gasteiger partial charge < -0.3 is 19.6 Å². The van der Waals surface area contributed by atoms with Crippen LogP contribution in [0.4, 0.5) is 10.3 Å². The molecule has 2 aromatic rings. The maximum absolute atomic E-state index is 14.7. The van der Waals surface area contributed by atoms with Crippen molar-refractivity contribution in [3.05, 3.63) is 47.0 Å². The van der Waals surface area contributed by atoms with Crippen molar-refractivity contribution in [3.63, 3.8) is 0 Å². The summed E-state index contributed by atoms with van der Waals surface area (Å²) in [5.74, 6) is 2.06. The van der Waals surface area contributed by atoms with Crippen LogP contribution in [0.2, 0.25) is 5.02 Å². The fraction of sp³-hybridized carbons (Fsp3) is 0.607. The van der Waals surface area contributed by atoms with Crippen molar-refractivity contribution < 1.29 is 19.0 Å². The van der Waals surface area contributed by atoms with E-state index in [9.17, 15) is 14.3 Å². The molecular formula is C28H36ClFN4O3. The van der Waals surface area contributed by atoms with Crippen molar-refractivity contribution in [2.24, 2.45) is 17.3 Å². The van der Waals surface area contributed by atoms with Gasteiger partial charge in [-0.05, 0) is 67.4 Å². The van der Waals surface area contributed by atoms with Gasteiger partial charge in [0.05, 0.1) is 36.5 Å². The number of rotatable bonds is 8. The van der Waals surface area contributed by atoms with Gasteiger partial charge in [-0.25, -0.2) is 14.4 Å². The number of piperidine rings is 2. The number of carbonyl (C=O) groups is 1. The first-order chi connectivity index (χ1) is 17.8. The monoisotopic (exact) mass is 530 g/mol. The predicted octanol–water partition coefficient (Wildman–Crippen LogP) is 4.51. The van der Waals surface area contributed by atoms with Crippen molar-refractivity contribution in [2.45, 2.75) is 58.0 Å². The lowest BCUT2D eigenvalue weighted by molar-refractivity contribution is -0.132. The summed E-state index contributed by atoms with van der Waals surface area (Å²) in [7, 11) is 0. The Hall–Kier alpha value is -2.45. The van der Waals surface area contributed by atoms with Gasteiger partial charge in [-0.2, -0.15) is 0 Å². The highest BCUT2D eigenvalue weighted by molar-refractivity contribution is 6.30. The second kappa shape index (κ2) is 11.1. The van der Waals surface area contributed by atoms with E-state index in [0.29, 0.717) is 66.1 Å². The topological polar surface area (TPSA) is 78.8 Å². The summed E-state index contributed by atoms with van der Waals surface area (Å²) >= 11 is 5.91. The van der Waals surface area contributed by atoms with E-state index in [4.69, 9.17) is 16.3 Å². The van der Waals surface area contributed by atoms with Gasteiger partial charge in [0.2, 0.25) is 11.9 Å². The second-order valence-corrected chi connectivity index (χ2v) is 11.5. The first-order valence-corrected chi connectivity index (χ1v) is 13.8. The van der Waals surface area contributed by atoms with Gasteiger partial charge in [0, 0.05) is 32.2 Å². The van der Waals surface area contributed by atoms with Crippen molar-refractivity contribution in [1.29, 1.82) is 0 Å². The normalized spacial score (nSPS) is 24.8. The van der Waals surface area contributed by atoms with Gasteiger partial charge in [-0.1, -0.05) is 24.6 Å². The Morgan fingerprint density at radius 3 is 2.54 bits per heavy atom. The maximum Gasteiger partial charge on any atom is 0.227 e. The SMILES string of the molecule is C[C@]1(C2CCN(c3ncc(Cl)cn3)CC2)C[C@H]1CCOc1ccc(CC(=O)N2CCC(O)CC2)c(F)c1. The molecule has 0 spiro atoms. The molecule has 3 aliphatic rings. The molecule has 1 aliphatic carbocycles. The molecule has 1 amide bonds. The smallest absolute Gasteiger partial charge is 0.227 e. The highest BCUT2D eigenvalue weighted by Crippen LogP contribution is 2.61. The lowest BCUT2D eigenvalue weighted by Gasteiger charge is -2.35. The zero-order chi connectivity index (χ0) is 26.0. The van der Waals surface area contributed by atoms with Crippen LogP contribution in [-0.4, -0.2) is 64.8 Å². The number of halogens is 2. The lowest BCUT2D eigenvalue weighted by Crippen LogP contribution is -2.40. The molecule has 7 nitrogen and oxygen atoms in total. The van der Waals surface area contributed by atoms with Crippen LogP contribution in [0, 0.1) is 23.1 Å². The molecule has 1 saturated carbocycles.